The molecule has 4 heterocycles. The molecule has 8 nitrogen and oxygen atoms in total. The minimum Gasteiger partial charge on any atom is -0.352 e. The predicted octanol–water partition coefficient (Wildman–Crippen LogP) is 3.25. The number of hydrogen-bond acceptors (Lipinski definition) is 6. The molecule has 1 unspecified atom stereocenters. The van der Waals surface area contributed by atoms with Gasteiger partial charge in [-0.25, -0.2) is 9.97 Å². The number of carbonyl (C=O) groups is 1. The molecule has 2 aliphatic heterocycles. The van der Waals surface area contributed by atoms with Gasteiger partial charge in [-0.1, -0.05) is 29.8 Å². The highest BCUT2D eigenvalue weighted by atomic mass is 79.9. The molecule has 1 amide bonds. The fourth-order valence-electron chi connectivity index (χ4n) is 4.54. The number of halogens is 2. The van der Waals surface area contributed by atoms with Gasteiger partial charge in [0.05, 0.1) is 5.39 Å². The van der Waals surface area contributed by atoms with Crippen LogP contribution in [-0.4, -0.2) is 75.1 Å². The number of aromatic nitrogens is 4. The van der Waals surface area contributed by atoms with Gasteiger partial charge in [0.1, 0.15) is 22.8 Å². The van der Waals surface area contributed by atoms with E-state index in [9.17, 15) is 4.79 Å². The largest absolute Gasteiger partial charge is 0.352 e. The number of likely N-dealkylation sites (tertiary alicyclic amines) is 1. The third-order valence-corrected chi connectivity index (χ3v) is 7.04. The fraction of sp³-hybridized carbons (Fsp3) is 0.429. The highest BCUT2D eigenvalue weighted by Crippen LogP contribution is 2.33. The molecule has 10 heteroatoms. The van der Waals surface area contributed by atoms with Crippen LogP contribution in [0, 0.1) is 0 Å². The van der Waals surface area contributed by atoms with Gasteiger partial charge in [0.15, 0.2) is 5.65 Å². The fourth-order valence-corrected chi connectivity index (χ4v) is 5.22. The van der Waals surface area contributed by atoms with Crippen molar-refractivity contribution in [3.05, 3.63) is 45.8 Å². The Kier molecular flexibility index (Phi) is 5.81. The molecule has 2 fully saturated rings. The zero-order chi connectivity index (χ0) is 21.4. The summed E-state index contributed by atoms with van der Waals surface area (Å²) < 4.78 is 0.768. The van der Waals surface area contributed by atoms with Crippen LogP contribution >= 0.6 is 27.5 Å². The summed E-state index contributed by atoms with van der Waals surface area (Å²) in [4.78, 5) is 28.8. The third-order valence-electron chi connectivity index (χ3n) is 6.12. The van der Waals surface area contributed by atoms with Crippen LogP contribution in [0.1, 0.15) is 24.4 Å². The zero-order valence-electron chi connectivity index (χ0n) is 17.0. The Morgan fingerprint density at radius 2 is 1.81 bits per heavy atom. The van der Waals surface area contributed by atoms with Gasteiger partial charge in [0.25, 0.3) is 0 Å². The molecule has 2 aliphatic rings. The number of amides is 1. The van der Waals surface area contributed by atoms with E-state index in [1.54, 1.807) is 0 Å². The van der Waals surface area contributed by atoms with Gasteiger partial charge in [-0.3, -0.25) is 14.8 Å². The van der Waals surface area contributed by atoms with Crippen LogP contribution in [0.25, 0.3) is 11.0 Å². The number of aromatic amines is 1. The lowest BCUT2D eigenvalue weighted by atomic mass is 10.0. The molecule has 2 aromatic heterocycles. The van der Waals surface area contributed by atoms with Crippen molar-refractivity contribution < 1.29 is 4.79 Å². The minimum atomic E-state index is -0.323. The van der Waals surface area contributed by atoms with Crippen molar-refractivity contribution in [3.63, 3.8) is 0 Å². The average Bonchev–Trinajstić information content (AvgIpc) is 3.46. The second-order valence-corrected chi connectivity index (χ2v) is 9.11. The molecule has 1 aromatic carbocycles. The molecular formula is C21H23BrClN7O. The summed E-state index contributed by atoms with van der Waals surface area (Å²) in [5, 5.41) is 8.62. The molecular weight excluding hydrogens is 482 g/mol. The molecule has 0 radical (unpaired) electrons. The van der Waals surface area contributed by atoms with E-state index in [4.69, 9.17) is 11.6 Å². The van der Waals surface area contributed by atoms with Crippen LogP contribution in [-0.2, 0) is 4.79 Å². The molecule has 1 N–H and O–H groups in total. The molecule has 0 spiro atoms. The predicted molar refractivity (Wildman–Crippen MR) is 123 cm³/mol. The maximum absolute atomic E-state index is 13.7. The van der Waals surface area contributed by atoms with Crippen molar-refractivity contribution >= 4 is 50.3 Å². The number of hydrogen-bond donors (Lipinski definition) is 1. The smallest absolute Gasteiger partial charge is 0.244 e. The van der Waals surface area contributed by atoms with E-state index in [1.165, 1.54) is 6.33 Å². The molecule has 1 atom stereocenters. The lowest BCUT2D eigenvalue weighted by Gasteiger charge is -2.39. The summed E-state index contributed by atoms with van der Waals surface area (Å²) in [6, 6.07) is 7.39. The summed E-state index contributed by atoms with van der Waals surface area (Å²) in [7, 11) is 0. The molecule has 5 rings (SSSR count). The SMILES string of the molecule is O=C(C(c1ccccc1Cl)N1CCCC1)N1CCN(c2ncnc3n[nH]c(Br)c23)CC1. The third kappa shape index (κ3) is 3.90. The first kappa shape index (κ1) is 20.7. The number of nitrogens with zero attached hydrogens (tertiary/aromatic N) is 6. The van der Waals surface area contributed by atoms with Gasteiger partial charge < -0.3 is 9.80 Å². The first-order valence-electron chi connectivity index (χ1n) is 10.5. The highest BCUT2D eigenvalue weighted by Gasteiger charge is 2.35. The van der Waals surface area contributed by atoms with E-state index in [-0.39, 0.29) is 11.9 Å². The molecule has 162 valence electrons. The lowest BCUT2D eigenvalue weighted by Crippen LogP contribution is -2.52. The van der Waals surface area contributed by atoms with Crippen molar-refractivity contribution in [1.82, 2.24) is 30.0 Å². The zero-order valence-corrected chi connectivity index (χ0v) is 19.3. The Bertz CT molecular complexity index is 1090. The Balaban J connectivity index is 1.35. The molecule has 2 saturated heterocycles. The van der Waals surface area contributed by atoms with Gasteiger partial charge in [-0.15, -0.1) is 0 Å². The molecule has 0 bridgehead atoms. The van der Waals surface area contributed by atoms with E-state index >= 15 is 0 Å². The maximum Gasteiger partial charge on any atom is 0.244 e. The Labute approximate surface area is 193 Å². The molecule has 0 saturated carbocycles. The Hall–Kier alpha value is -2.23. The topological polar surface area (TPSA) is 81.2 Å². The lowest BCUT2D eigenvalue weighted by molar-refractivity contribution is -0.137. The molecule has 0 aliphatic carbocycles. The van der Waals surface area contributed by atoms with E-state index in [0.29, 0.717) is 36.8 Å². The monoisotopic (exact) mass is 503 g/mol. The van der Waals surface area contributed by atoms with Gasteiger partial charge in [-0.2, -0.15) is 5.10 Å². The van der Waals surface area contributed by atoms with Crippen LogP contribution in [0.2, 0.25) is 5.02 Å². The van der Waals surface area contributed by atoms with Crippen molar-refractivity contribution in [2.75, 3.05) is 44.2 Å². The van der Waals surface area contributed by atoms with Crippen LogP contribution < -0.4 is 4.90 Å². The second kappa shape index (κ2) is 8.72. The van der Waals surface area contributed by atoms with Crippen molar-refractivity contribution in [2.24, 2.45) is 0 Å². The Morgan fingerprint density at radius 1 is 1.06 bits per heavy atom. The van der Waals surface area contributed by atoms with E-state index in [0.717, 1.165) is 47.3 Å². The number of anilines is 1. The standard InChI is InChI=1S/C21H23BrClN7O/c22-18-16-19(27-26-18)24-13-25-20(16)29-9-11-30(12-10-29)21(31)17(28-7-3-4-8-28)14-5-1-2-6-15(14)23/h1-2,5-6,13,17H,3-4,7-12H2,(H,24,25,26,27). The summed E-state index contributed by atoms with van der Waals surface area (Å²) in [5.74, 6) is 0.965. The second-order valence-electron chi connectivity index (χ2n) is 7.91. The summed E-state index contributed by atoms with van der Waals surface area (Å²) in [6.45, 7) is 4.52. The number of H-pyrrole nitrogens is 1. The van der Waals surface area contributed by atoms with Crippen LogP contribution in [0.4, 0.5) is 5.82 Å². The molecule has 31 heavy (non-hydrogen) atoms. The van der Waals surface area contributed by atoms with E-state index in [1.807, 2.05) is 29.2 Å². The number of benzene rings is 1. The number of piperazine rings is 1. The van der Waals surface area contributed by atoms with Crippen LogP contribution in [0.3, 0.4) is 0 Å². The first-order valence-corrected chi connectivity index (χ1v) is 11.7. The number of fused-ring (bicyclic) bond motifs is 1. The minimum absolute atomic E-state index is 0.131. The number of carbonyl (C=O) groups excluding carboxylic acids is 1. The highest BCUT2D eigenvalue weighted by molar-refractivity contribution is 9.10. The maximum atomic E-state index is 13.7. The van der Waals surface area contributed by atoms with E-state index < -0.39 is 0 Å². The Morgan fingerprint density at radius 3 is 2.55 bits per heavy atom. The summed E-state index contributed by atoms with van der Waals surface area (Å²) in [5.41, 5.74) is 1.53. The molecule has 3 aromatic rings. The van der Waals surface area contributed by atoms with Crippen molar-refractivity contribution in [3.8, 4) is 0 Å². The number of nitrogens with one attached hydrogen (secondary N) is 1. The summed E-state index contributed by atoms with van der Waals surface area (Å²) >= 11 is 10.0. The van der Waals surface area contributed by atoms with Crippen LogP contribution in [0.15, 0.2) is 35.2 Å². The quantitative estimate of drug-likeness (QED) is 0.587. The normalized spacial score (nSPS) is 18.6. The van der Waals surface area contributed by atoms with Crippen LogP contribution in [0.5, 0.6) is 0 Å². The first-order chi connectivity index (χ1) is 15.1. The summed E-state index contributed by atoms with van der Waals surface area (Å²) in [6.07, 6.45) is 3.76. The average molecular weight is 505 g/mol. The van der Waals surface area contributed by atoms with Crippen molar-refractivity contribution in [2.45, 2.75) is 18.9 Å². The van der Waals surface area contributed by atoms with Gasteiger partial charge >= 0.3 is 0 Å². The van der Waals surface area contributed by atoms with Gasteiger partial charge in [0.2, 0.25) is 5.91 Å². The van der Waals surface area contributed by atoms with Gasteiger partial charge in [0, 0.05) is 31.2 Å². The number of rotatable bonds is 4. The van der Waals surface area contributed by atoms with Gasteiger partial charge in [-0.05, 0) is 53.5 Å². The van der Waals surface area contributed by atoms with E-state index in [2.05, 4.69) is 45.9 Å². The van der Waals surface area contributed by atoms with Crippen molar-refractivity contribution in [1.29, 1.82) is 0 Å².